The molecule has 0 radical (unpaired) electrons. The zero-order chi connectivity index (χ0) is 15.3. The van der Waals surface area contributed by atoms with Gasteiger partial charge in [0, 0.05) is 23.3 Å². The van der Waals surface area contributed by atoms with E-state index in [4.69, 9.17) is 11.6 Å². The Balaban J connectivity index is 1.90. The predicted molar refractivity (Wildman–Crippen MR) is 77.7 cm³/mol. The summed E-state index contributed by atoms with van der Waals surface area (Å²) in [5, 5.41) is 2.38. The second-order valence-corrected chi connectivity index (χ2v) is 5.50. The molecule has 0 unspecified atom stereocenters. The van der Waals surface area contributed by atoms with E-state index in [1.54, 1.807) is 11.8 Å². The predicted octanol–water partition coefficient (Wildman–Crippen LogP) is 4.35. The largest absolute Gasteiger partial charge is 0.433 e. The second-order valence-electron chi connectivity index (χ2n) is 3.99. The third-order valence-corrected chi connectivity index (χ3v) is 3.59. The summed E-state index contributed by atoms with van der Waals surface area (Å²) in [4.78, 5) is 7.98. The van der Waals surface area contributed by atoms with Crippen LogP contribution in [-0.2, 0) is 6.18 Å². The van der Waals surface area contributed by atoms with Crippen molar-refractivity contribution in [1.82, 2.24) is 9.97 Å². The van der Waals surface area contributed by atoms with Gasteiger partial charge in [0.05, 0.1) is 0 Å². The van der Waals surface area contributed by atoms with E-state index < -0.39 is 17.2 Å². The summed E-state index contributed by atoms with van der Waals surface area (Å²) in [6.07, 6.45) is -4.54. The SMILES string of the molecule is FC(F)(F)c1cc(NCCSc2ccccc2)nc(Cl)n1. The van der Waals surface area contributed by atoms with E-state index >= 15 is 0 Å². The summed E-state index contributed by atoms with van der Waals surface area (Å²) < 4.78 is 37.7. The van der Waals surface area contributed by atoms with Gasteiger partial charge in [-0.05, 0) is 23.7 Å². The highest BCUT2D eigenvalue weighted by atomic mass is 35.5. The van der Waals surface area contributed by atoms with E-state index in [0.717, 1.165) is 11.0 Å². The molecule has 3 nitrogen and oxygen atoms in total. The molecule has 0 aliphatic carbocycles. The number of halogens is 4. The molecule has 0 saturated heterocycles. The highest BCUT2D eigenvalue weighted by Gasteiger charge is 2.33. The summed E-state index contributed by atoms with van der Waals surface area (Å²) in [7, 11) is 0. The van der Waals surface area contributed by atoms with Crippen molar-refractivity contribution >= 4 is 29.2 Å². The number of aromatic nitrogens is 2. The van der Waals surface area contributed by atoms with Gasteiger partial charge in [-0.25, -0.2) is 9.97 Å². The van der Waals surface area contributed by atoms with Crippen molar-refractivity contribution in [3.8, 4) is 0 Å². The Hall–Kier alpha value is -1.47. The van der Waals surface area contributed by atoms with Gasteiger partial charge >= 0.3 is 6.18 Å². The minimum Gasteiger partial charge on any atom is -0.369 e. The van der Waals surface area contributed by atoms with Crippen LogP contribution in [0.2, 0.25) is 5.28 Å². The third-order valence-electron chi connectivity index (χ3n) is 2.41. The van der Waals surface area contributed by atoms with Crippen molar-refractivity contribution in [2.45, 2.75) is 11.1 Å². The lowest BCUT2D eigenvalue weighted by Gasteiger charge is -2.09. The van der Waals surface area contributed by atoms with Crippen LogP contribution in [0.4, 0.5) is 19.0 Å². The van der Waals surface area contributed by atoms with Gasteiger partial charge in [0.15, 0.2) is 5.69 Å². The molecule has 0 aliphatic rings. The summed E-state index contributed by atoms with van der Waals surface area (Å²) >= 11 is 7.09. The molecule has 0 aliphatic heterocycles. The lowest BCUT2D eigenvalue weighted by molar-refractivity contribution is -0.141. The summed E-state index contributed by atoms with van der Waals surface area (Å²) in [5.41, 5.74) is -1.05. The fourth-order valence-electron chi connectivity index (χ4n) is 1.52. The molecule has 0 fully saturated rings. The Morgan fingerprint density at radius 1 is 1.14 bits per heavy atom. The van der Waals surface area contributed by atoms with Crippen molar-refractivity contribution in [2.24, 2.45) is 0 Å². The number of nitrogens with zero attached hydrogens (tertiary/aromatic N) is 2. The lowest BCUT2D eigenvalue weighted by Crippen LogP contribution is -2.12. The first-order valence-electron chi connectivity index (χ1n) is 5.98. The number of thioether (sulfide) groups is 1. The van der Waals surface area contributed by atoms with Crippen molar-refractivity contribution in [2.75, 3.05) is 17.6 Å². The first kappa shape index (κ1) is 15.9. The minimum atomic E-state index is -4.54. The lowest BCUT2D eigenvalue weighted by atomic mass is 10.4. The molecular weight excluding hydrogens is 323 g/mol. The number of rotatable bonds is 5. The van der Waals surface area contributed by atoms with Gasteiger partial charge in [-0.3, -0.25) is 0 Å². The van der Waals surface area contributed by atoms with Crippen LogP contribution in [0.1, 0.15) is 5.69 Å². The van der Waals surface area contributed by atoms with Crippen molar-refractivity contribution in [3.05, 3.63) is 47.4 Å². The zero-order valence-corrected chi connectivity index (χ0v) is 12.3. The maximum atomic E-state index is 12.6. The van der Waals surface area contributed by atoms with Crippen LogP contribution >= 0.6 is 23.4 Å². The van der Waals surface area contributed by atoms with Gasteiger partial charge in [0.2, 0.25) is 5.28 Å². The molecule has 2 rings (SSSR count). The van der Waals surface area contributed by atoms with Gasteiger partial charge < -0.3 is 5.32 Å². The average molecular weight is 334 g/mol. The molecule has 0 bridgehead atoms. The number of alkyl halides is 3. The number of hydrogen-bond acceptors (Lipinski definition) is 4. The number of benzene rings is 1. The van der Waals surface area contributed by atoms with Crippen LogP contribution in [0, 0.1) is 0 Å². The standard InChI is InChI=1S/C13H11ClF3N3S/c14-12-19-10(13(15,16)17)8-11(20-12)18-6-7-21-9-4-2-1-3-5-9/h1-5,8H,6-7H2,(H,18,19,20). The summed E-state index contributed by atoms with van der Waals surface area (Å²) in [5.74, 6) is 0.753. The van der Waals surface area contributed by atoms with Crippen molar-refractivity contribution < 1.29 is 13.2 Å². The fourth-order valence-corrected chi connectivity index (χ4v) is 2.49. The van der Waals surface area contributed by atoms with Crippen LogP contribution in [0.15, 0.2) is 41.3 Å². The number of anilines is 1. The van der Waals surface area contributed by atoms with Crippen LogP contribution in [0.25, 0.3) is 0 Å². The topological polar surface area (TPSA) is 37.8 Å². The Kier molecular flexibility index (Phi) is 5.30. The monoisotopic (exact) mass is 333 g/mol. The molecule has 1 heterocycles. The maximum absolute atomic E-state index is 12.6. The Morgan fingerprint density at radius 3 is 2.52 bits per heavy atom. The Labute approximate surface area is 128 Å². The van der Waals surface area contributed by atoms with Crippen molar-refractivity contribution in [3.63, 3.8) is 0 Å². The highest BCUT2D eigenvalue weighted by Crippen LogP contribution is 2.29. The summed E-state index contributed by atoms with van der Waals surface area (Å²) in [6.45, 7) is 0.463. The molecular formula is C13H11ClF3N3S. The highest BCUT2D eigenvalue weighted by molar-refractivity contribution is 7.99. The average Bonchev–Trinajstić information content (AvgIpc) is 2.43. The molecule has 0 spiro atoms. The molecule has 1 aromatic carbocycles. The van der Waals surface area contributed by atoms with Crippen LogP contribution in [-0.4, -0.2) is 22.3 Å². The molecule has 0 atom stereocenters. The number of nitrogens with one attached hydrogen (secondary N) is 1. The summed E-state index contributed by atoms with van der Waals surface area (Å²) in [6, 6.07) is 10.6. The van der Waals surface area contributed by atoms with E-state index in [0.29, 0.717) is 12.3 Å². The zero-order valence-electron chi connectivity index (χ0n) is 10.7. The molecule has 112 valence electrons. The van der Waals surface area contributed by atoms with Gasteiger partial charge in [-0.15, -0.1) is 11.8 Å². The van der Waals surface area contributed by atoms with E-state index in [9.17, 15) is 13.2 Å². The fraction of sp³-hybridized carbons (Fsp3) is 0.231. The van der Waals surface area contributed by atoms with E-state index in [1.165, 1.54) is 0 Å². The first-order chi connectivity index (χ1) is 9.95. The van der Waals surface area contributed by atoms with Gasteiger partial charge in [0.1, 0.15) is 5.82 Å². The maximum Gasteiger partial charge on any atom is 0.433 e. The van der Waals surface area contributed by atoms with E-state index in [1.807, 2.05) is 30.3 Å². The molecule has 8 heteroatoms. The quantitative estimate of drug-likeness (QED) is 0.501. The van der Waals surface area contributed by atoms with Gasteiger partial charge in [0.25, 0.3) is 0 Å². The van der Waals surface area contributed by atoms with Gasteiger partial charge in [-0.2, -0.15) is 13.2 Å². The van der Waals surface area contributed by atoms with E-state index in [2.05, 4.69) is 15.3 Å². The molecule has 0 saturated carbocycles. The number of hydrogen-bond donors (Lipinski definition) is 1. The normalized spacial score (nSPS) is 11.4. The van der Waals surface area contributed by atoms with Crippen LogP contribution < -0.4 is 5.32 Å². The molecule has 2 aromatic rings. The minimum absolute atomic E-state index is 0.0657. The third kappa shape index (κ3) is 5.09. The Morgan fingerprint density at radius 2 is 1.86 bits per heavy atom. The van der Waals surface area contributed by atoms with Crippen molar-refractivity contribution in [1.29, 1.82) is 0 Å². The smallest absolute Gasteiger partial charge is 0.369 e. The van der Waals surface area contributed by atoms with Crippen LogP contribution in [0.5, 0.6) is 0 Å². The molecule has 1 aromatic heterocycles. The van der Waals surface area contributed by atoms with E-state index in [-0.39, 0.29) is 5.82 Å². The molecule has 1 N–H and O–H groups in total. The molecule has 0 amide bonds. The molecule has 21 heavy (non-hydrogen) atoms. The van der Waals surface area contributed by atoms with Crippen LogP contribution in [0.3, 0.4) is 0 Å². The van der Waals surface area contributed by atoms with Gasteiger partial charge in [-0.1, -0.05) is 18.2 Å². The second kappa shape index (κ2) is 7.00. The first-order valence-corrected chi connectivity index (χ1v) is 7.35. The Bertz CT molecular complexity index is 593.